The molecule has 164 valence electrons. The molecular formula is C22H33N5O2S. The minimum Gasteiger partial charge on any atom is -0.494 e. The Morgan fingerprint density at radius 3 is 2.70 bits per heavy atom. The molecular weight excluding hydrogens is 398 g/mol. The van der Waals surface area contributed by atoms with Gasteiger partial charge < -0.3 is 15.0 Å². The van der Waals surface area contributed by atoms with Gasteiger partial charge in [0.05, 0.1) is 6.61 Å². The van der Waals surface area contributed by atoms with Crippen molar-refractivity contribution in [1.29, 1.82) is 0 Å². The third-order valence-electron chi connectivity index (χ3n) is 5.59. The van der Waals surface area contributed by atoms with Crippen LogP contribution in [0.25, 0.3) is 11.4 Å². The van der Waals surface area contributed by atoms with Gasteiger partial charge in [-0.15, -0.1) is 0 Å². The quantitative estimate of drug-likeness (QED) is 0.444. The number of nitrogens with zero attached hydrogens (tertiary/aromatic N) is 3. The summed E-state index contributed by atoms with van der Waals surface area (Å²) in [4.78, 5) is 14.8. The molecule has 0 saturated carbocycles. The van der Waals surface area contributed by atoms with Crippen molar-refractivity contribution in [3.63, 3.8) is 0 Å². The van der Waals surface area contributed by atoms with Crippen molar-refractivity contribution in [3.05, 3.63) is 29.0 Å². The van der Waals surface area contributed by atoms with Gasteiger partial charge in [0.25, 0.3) is 0 Å². The lowest BCUT2D eigenvalue weighted by Crippen LogP contribution is -2.35. The van der Waals surface area contributed by atoms with Crippen LogP contribution in [0, 0.1) is 10.7 Å². The van der Waals surface area contributed by atoms with E-state index in [1.165, 1.54) is 25.9 Å². The molecule has 0 unspecified atom stereocenters. The first-order valence-corrected chi connectivity index (χ1v) is 11.3. The lowest BCUT2D eigenvalue weighted by atomic mass is 9.99. The zero-order valence-corrected chi connectivity index (χ0v) is 18.8. The second kappa shape index (κ2) is 11.3. The minimum atomic E-state index is 0.0445. The highest BCUT2D eigenvalue weighted by Crippen LogP contribution is 2.21. The summed E-state index contributed by atoms with van der Waals surface area (Å²) < 4.78 is 7.88. The van der Waals surface area contributed by atoms with E-state index < -0.39 is 0 Å². The van der Waals surface area contributed by atoms with E-state index in [0.29, 0.717) is 30.9 Å². The fraction of sp³-hybridized carbons (Fsp3) is 0.591. The lowest BCUT2D eigenvalue weighted by Gasteiger charge is -2.30. The highest BCUT2D eigenvalue weighted by Gasteiger charge is 2.15. The summed E-state index contributed by atoms with van der Waals surface area (Å²) in [5.41, 5.74) is 0.932. The molecule has 1 aromatic carbocycles. The Morgan fingerprint density at radius 1 is 1.27 bits per heavy atom. The molecule has 0 bridgehead atoms. The molecule has 1 saturated heterocycles. The van der Waals surface area contributed by atoms with Crippen LogP contribution >= 0.6 is 12.2 Å². The first-order chi connectivity index (χ1) is 14.6. The van der Waals surface area contributed by atoms with Gasteiger partial charge >= 0.3 is 0 Å². The van der Waals surface area contributed by atoms with Crippen LogP contribution in [-0.2, 0) is 11.3 Å². The van der Waals surface area contributed by atoms with Gasteiger partial charge in [0.2, 0.25) is 5.91 Å². The molecule has 1 aromatic heterocycles. The predicted octanol–water partition coefficient (Wildman–Crippen LogP) is 3.63. The molecule has 1 aliphatic heterocycles. The Balaban J connectivity index is 1.44. The molecule has 2 N–H and O–H groups in total. The highest BCUT2D eigenvalue weighted by molar-refractivity contribution is 7.71. The second-order valence-electron chi connectivity index (χ2n) is 7.94. The van der Waals surface area contributed by atoms with Crippen molar-refractivity contribution in [1.82, 2.24) is 25.0 Å². The molecule has 3 rings (SSSR count). The number of hydrogen-bond acceptors (Lipinski definition) is 5. The summed E-state index contributed by atoms with van der Waals surface area (Å²) in [6.45, 7) is 9.54. The van der Waals surface area contributed by atoms with Gasteiger partial charge in [-0.1, -0.05) is 6.92 Å². The number of nitrogens with one attached hydrogen (secondary N) is 2. The normalized spacial score (nSPS) is 15.3. The van der Waals surface area contributed by atoms with E-state index in [4.69, 9.17) is 17.0 Å². The second-order valence-corrected chi connectivity index (χ2v) is 8.33. The Hall–Kier alpha value is -2.19. The summed E-state index contributed by atoms with van der Waals surface area (Å²) in [7, 11) is 0. The molecule has 0 spiro atoms. The number of rotatable bonds is 10. The third-order valence-corrected chi connectivity index (χ3v) is 5.91. The number of H-pyrrole nitrogens is 1. The van der Waals surface area contributed by atoms with Crippen LogP contribution in [0.1, 0.15) is 39.5 Å². The van der Waals surface area contributed by atoms with Crippen molar-refractivity contribution in [3.8, 4) is 17.1 Å². The molecule has 2 aromatic rings. The smallest absolute Gasteiger partial charge is 0.221 e. The first kappa shape index (κ1) is 22.5. The van der Waals surface area contributed by atoms with Gasteiger partial charge in [-0.2, -0.15) is 5.10 Å². The van der Waals surface area contributed by atoms with Gasteiger partial charge in [-0.3, -0.25) is 14.5 Å². The van der Waals surface area contributed by atoms with Crippen molar-refractivity contribution in [2.24, 2.45) is 5.92 Å². The summed E-state index contributed by atoms with van der Waals surface area (Å²) in [5, 5.41) is 10.2. The number of hydrogen-bond donors (Lipinski definition) is 2. The van der Waals surface area contributed by atoms with Gasteiger partial charge in [0.15, 0.2) is 10.6 Å². The number of carbonyl (C=O) groups is 1. The van der Waals surface area contributed by atoms with Gasteiger partial charge in [0.1, 0.15) is 5.75 Å². The summed E-state index contributed by atoms with van der Waals surface area (Å²) >= 11 is 5.36. The van der Waals surface area contributed by atoms with E-state index in [1.54, 1.807) is 0 Å². The largest absolute Gasteiger partial charge is 0.494 e. The molecule has 7 nitrogen and oxygen atoms in total. The predicted molar refractivity (Wildman–Crippen MR) is 121 cm³/mol. The summed E-state index contributed by atoms with van der Waals surface area (Å²) in [6, 6.07) is 7.73. The number of amides is 1. The van der Waals surface area contributed by atoms with E-state index in [2.05, 4.69) is 27.3 Å². The summed E-state index contributed by atoms with van der Waals surface area (Å²) in [5.74, 6) is 2.45. The molecule has 30 heavy (non-hydrogen) atoms. The number of likely N-dealkylation sites (tertiary alicyclic amines) is 1. The Morgan fingerprint density at radius 2 is 2.00 bits per heavy atom. The topological polar surface area (TPSA) is 75.2 Å². The number of piperidine rings is 1. The van der Waals surface area contributed by atoms with E-state index in [9.17, 15) is 4.79 Å². The average molecular weight is 432 g/mol. The van der Waals surface area contributed by atoms with E-state index in [0.717, 1.165) is 36.0 Å². The lowest BCUT2D eigenvalue weighted by molar-refractivity contribution is -0.121. The molecule has 1 fully saturated rings. The van der Waals surface area contributed by atoms with Crippen molar-refractivity contribution in [2.75, 3.05) is 32.8 Å². The molecule has 1 amide bonds. The Labute approximate surface area is 183 Å². The molecule has 8 heteroatoms. The van der Waals surface area contributed by atoms with E-state index >= 15 is 0 Å². The van der Waals surface area contributed by atoms with Crippen LogP contribution in [-0.4, -0.2) is 58.4 Å². The zero-order valence-electron chi connectivity index (χ0n) is 18.0. The highest BCUT2D eigenvalue weighted by atomic mass is 32.1. The maximum absolute atomic E-state index is 12.3. The Bertz CT molecular complexity index is 853. The average Bonchev–Trinajstić information content (AvgIpc) is 3.12. The maximum Gasteiger partial charge on any atom is 0.221 e. The molecule has 0 radical (unpaired) electrons. The molecule has 0 atom stereocenters. The third kappa shape index (κ3) is 6.40. The van der Waals surface area contributed by atoms with Crippen molar-refractivity contribution in [2.45, 2.75) is 46.1 Å². The summed E-state index contributed by atoms with van der Waals surface area (Å²) in [6.07, 6.45) is 3.94. The number of aromatic amines is 1. The van der Waals surface area contributed by atoms with Gasteiger partial charge in [0, 0.05) is 25.1 Å². The number of ether oxygens (including phenoxy) is 1. The van der Waals surface area contributed by atoms with Crippen LogP contribution in [0.2, 0.25) is 0 Å². The number of aromatic nitrogens is 3. The van der Waals surface area contributed by atoms with Crippen LogP contribution < -0.4 is 10.1 Å². The fourth-order valence-corrected chi connectivity index (χ4v) is 3.95. The standard InChI is InChI=1S/C22H33N5O2S/c1-3-29-19-7-5-18(6-8-19)21-24-25-22(30)27(21)16-11-20(28)23-12-4-13-26-14-9-17(2)10-15-26/h5-8,17H,3-4,9-16H2,1-2H3,(H,23,28)(H,25,30). The van der Waals surface area contributed by atoms with Crippen LogP contribution in [0.4, 0.5) is 0 Å². The molecule has 1 aliphatic rings. The number of benzene rings is 1. The SMILES string of the molecule is CCOc1ccc(-c2n[nH]c(=S)n2CCC(=O)NCCCN2CCC(C)CC2)cc1. The van der Waals surface area contributed by atoms with Crippen LogP contribution in [0.15, 0.2) is 24.3 Å². The van der Waals surface area contributed by atoms with E-state index in [1.807, 2.05) is 35.8 Å². The maximum atomic E-state index is 12.3. The Kier molecular flexibility index (Phi) is 8.45. The van der Waals surface area contributed by atoms with Crippen molar-refractivity contribution < 1.29 is 9.53 Å². The van der Waals surface area contributed by atoms with Crippen LogP contribution in [0.3, 0.4) is 0 Å². The molecule has 0 aliphatic carbocycles. The monoisotopic (exact) mass is 431 g/mol. The number of carbonyl (C=O) groups excluding carboxylic acids is 1. The van der Waals surface area contributed by atoms with Crippen molar-refractivity contribution >= 4 is 18.1 Å². The first-order valence-electron chi connectivity index (χ1n) is 10.9. The minimum absolute atomic E-state index is 0.0445. The van der Waals surface area contributed by atoms with Crippen LogP contribution in [0.5, 0.6) is 5.75 Å². The van der Waals surface area contributed by atoms with Gasteiger partial charge in [-0.25, -0.2) is 0 Å². The van der Waals surface area contributed by atoms with Gasteiger partial charge in [-0.05, 0) is 88.2 Å². The zero-order chi connectivity index (χ0) is 21.3. The fourth-order valence-electron chi connectivity index (χ4n) is 3.73. The molecule has 2 heterocycles. The van der Waals surface area contributed by atoms with E-state index in [-0.39, 0.29) is 5.91 Å².